The van der Waals surface area contributed by atoms with E-state index in [9.17, 15) is 13.2 Å². The summed E-state index contributed by atoms with van der Waals surface area (Å²) in [4.78, 5) is 12.3. The third-order valence-electron chi connectivity index (χ3n) is 2.97. The minimum atomic E-state index is -3.75. The van der Waals surface area contributed by atoms with E-state index in [-0.39, 0.29) is 15.7 Å². The lowest BCUT2D eigenvalue weighted by Crippen LogP contribution is -2.37. The van der Waals surface area contributed by atoms with E-state index in [0.29, 0.717) is 15.7 Å². The van der Waals surface area contributed by atoms with Gasteiger partial charge in [-0.2, -0.15) is 0 Å². The topological polar surface area (TPSA) is 66.5 Å². The van der Waals surface area contributed by atoms with Crippen LogP contribution in [0.2, 0.25) is 20.1 Å². The van der Waals surface area contributed by atoms with Gasteiger partial charge in [0, 0.05) is 25.8 Å². The highest BCUT2D eigenvalue weighted by molar-refractivity contribution is 7.92. The van der Waals surface area contributed by atoms with Crippen molar-refractivity contribution in [2.75, 3.05) is 22.4 Å². The molecule has 0 radical (unpaired) electrons. The lowest BCUT2D eigenvalue weighted by Gasteiger charge is -2.22. The molecule has 0 bridgehead atoms. The number of halogens is 4. The number of benzene rings is 2. The van der Waals surface area contributed by atoms with E-state index in [1.807, 2.05) is 0 Å². The molecule has 5 nitrogen and oxygen atoms in total. The number of carbonyl (C=O) groups excluding carboxylic acids is 1. The van der Waals surface area contributed by atoms with Crippen LogP contribution >= 0.6 is 46.4 Å². The molecule has 2 aromatic rings. The Morgan fingerprint density at radius 1 is 0.920 bits per heavy atom. The highest BCUT2D eigenvalue weighted by atomic mass is 35.5. The molecule has 0 aliphatic heterocycles. The van der Waals surface area contributed by atoms with Gasteiger partial charge in [-0.05, 0) is 36.4 Å². The molecule has 0 aliphatic carbocycles. The summed E-state index contributed by atoms with van der Waals surface area (Å²) < 4.78 is 25.0. The molecule has 0 aromatic heterocycles. The molecule has 1 N–H and O–H groups in total. The van der Waals surface area contributed by atoms with Crippen molar-refractivity contribution >= 4 is 73.7 Å². The highest BCUT2D eigenvalue weighted by Crippen LogP contribution is 2.27. The summed E-state index contributed by atoms with van der Waals surface area (Å²) in [5.41, 5.74) is 0.527. The van der Waals surface area contributed by atoms with Crippen LogP contribution in [-0.4, -0.2) is 27.1 Å². The number of nitrogens with one attached hydrogen (secondary N) is 1. The molecule has 2 aromatic carbocycles. The zero-order chi connectivity index (χ0) is 18.8. The van der Waals surface area contributed by atoms with Crippen molar-refractivity contribution in [1.29, 1.82) is 0 Å². The SMILES string of the molecule is CS(=O)(=O)N(CC(=O)Nc1cc(Cl)cc(Cl)c1)c1cc(Cl)cc(Cl)c1. The molecule has 0 unspecified atom stereocenters. The number of carbonyl (C=O) groups is 1. The van der Waals surface area contributed by atoms with Gasteiger partial charge in [-0.15, -0.1) is 0 Å². The van der Waals surface area contributed by atoms with Crippen molar-refractivity contribution in [1.82, 2.24) is 0 Å². The summed E-state index contributed by atoms with van der Waals surface area (Å²) in [6.07, 6.45) is 0.978. The van der Waals surface area contributed by atoms with Gasteiger partial charge in [-0.25, -0.2) is 8.42 Å². The maximum Gasteiger partial charge on any atom is 0.245 e. The monoisotopic (exact) mass is 440 g/mol. The van der Waals surface area contributed by atoms with Gasteiger partial charge in [-0.3, -0.25) is 9.10 Å². The average molecular weight is 442 g/mol. The van der Waals surface area contributed by atoms with Gasteiger partial charge >= 0.3 is 0 Å². The second-order valence-electron chi connectivity index (χ2n) is 5.10. The van der Waals surface area contributed by atoms with Gasteiger partial charge in [0.2, 0.25) is 15.9 Å². The van der Waals surface area contributed by atoms with Gasteiger partial charge in [0.1, 0.15) is 6.54 Å². The summed E-state index contributed by atoms with van der Waals surface area (Å²) in [6, 6.07) is 8.76. The van der Waals surface area contributed by atoms with Crippen molar-refractivity contribution < 1.29 is 13.2 Å². The van der Waals surface area contributed by atoms with E-state index >= 15 is 0 Å². The summed E-state index contributed by atoms with van der Waals surface area (Å²) in [5, 5.41) is 3.72. The molecular weight excluding hydrogens is 430 g/mol. The van der Waals surface area contributed by atoms with Crippen LogP contribution < -0.4 is 9.62 Å². The molecule has 0 heterocycles. The molecule has 2 rings (SSSR count). The van der Waals surface area contributed by atoms with Crippen LogP contribution in [0.3, 0.4) is 0 Å². The Balaban J connectivity index is 2.26. The molecule has 0 saturated carbocycles. The van der Waals surface area contributed by atoms with Gasteiger partial charge < -0.3 is 5.32 Å². The van der Waals surface area contributed by atoms with Crippen LogP contribution in [0.25, 0.3) is 0 Å². The predicted octanol–water partition coefficient (Wildman–Crippen LogP) is 4.70. The first kappa shape index (κ1) is 20.1. The molecule has 0 atom stereocenters. The van der Waals surface area contributed by atoms with Crippen LogP contribution in [0, 0.1) is 0 Å². The lowest BCUT2D eigenvalue weighted by molar-refractivity contribution is -0.114. The quantitative estimate of drug-likeness (QED) is 0.730. The molecule has 10 heteroatoms. The minimum absolute atomic E-state index is 0.180. The highest BCUT2D eigenvalue weighted by Gasteiger charge is 2.22. The van der Waals surface area contributed by atoms with Gasteiger partial charge in [-0.1, -0.05) is 46.4 Å². The Morgan fingerprint density at radius 3 is 1.80 bits per heavy atom. The molecule has 1 amide bonds. The number of nitrogens with zero attached hydrogens (tertiary/aromatic N) is 1. The summed E-state index contributed by atoms with van der Waals surface area (Å²) in [7, 11) is -3.75. The first-order valence-electron chi connectivity index (χ1n) is 6.74. The third-order valence-corrected chi connectivity index (χ3v) is 4.98. The van der Waals surface area contributed by atoms with Crippen LogP contribution in [0.1, 0.15) is 0 Å². The smallest absolute Gasteiger partial charge is 0.245 e. The maximum atomic E-state index is 12.3. The Kier molecular flexibility index (Phi) is 6.45. The second-order valence-corrected chi connectivity index (χ2v) is 8.76. The van der Waals surface area contributed by atoms with Crippen LogP contribution in [0.15, 0.2) is 36.4 Å². The molecular formula is C15H12Cl4N2O3S. The molecule has 25 heavy (non-hydrogen) atoms. The second kappa shape index (κ2) is 8.01. The van der Waals surface area contributed by atoms with Crippen molar-refractivity contribution in [2.24, 2.45) is 0 Å². The summed E-state index contributed by atoms with van der Waals surface area (Å²) in [6.45, 7) is -0.473. The fourth-order valence-electron chi connectivity index (χ4n) is 2.04. The number of hydrogen-bond acceptors (Lipinski definition) is 3. The van der Waals surface area contributed by atoms with Crippen molar-refractivity contribution in [3.63, 3.8) is 0 Å². The van der Waals surface area contributed by atoms with E-state index in [2.05, 4.69) is 5.32 Å². The third kappa shape index (κ3) is 5.94. The lowest BCUT2D eigenvalue weighted by atomic mass is 10.3. The van der Waals surface area contributed by atoms with Crippen LogP contribution in [0.5, 0.6) is 0 Å². The Bertz CT molecular complexity index is 878. The van der Waals surface area contributed by atoms with Crippen molar-refractivity contribution in [3.8, 4) is 0 Å². The Labute approximate surface area is 165 Å². The molecule has 0 saturated heterocycles. The van der Waals surface area contributed by atoms with Gasteiger partial charge in [0.15, 0.2) is 0 Å². The largest absolute Gasteiger partial charge is 0.324 e. The normalized spacial score (nSPS) is 11.2. The average Bonchev–Trinajstić information content (AvgIpc) is 2.41. The van der Waals surface area contributed by atoms with E-state index in [0.717, 1.165) is 10.6 Å². The Morgan fingerprint density at radius 2 is 1.36 bits per heavy atom. The van der Waals surface area contributed by atoms with Gasteiger partial charge in [0.25, 0.3) is 0 Å². The fraction of sp³-hybridized carbons (Fsp3) is 0.133. The van der Waals surface area contributed by atoms with Crippen molar-refractivity contribution in [3.05, 3.63) is 56.5 Å². The fourth-order valence-corrected chi connectivity index (χ4v) is 3.92. The van der Waals surface area contributed by atoms with E-state index in [1.165, 1.54) is 36.4 Å². The van der Waals surface area contributed by atoms with E-state index in [1.54, 1.807) is 0 Å². The first-order chi connectivity index (χ1) is 11.5. The summed E-state index contributed by atoms with van der Waals surface area (Å²) >= 11 is 23.6. The van der Waals surface area contributed by atoms with E-state index in [4.69, 9.17) is 46.4 Å². The number of anilines is 2. The van der Waals surface area contributed by atoms with Crippen LogP contribution in [-0.2, 0) is 14.8 Å². The Hall–Kier alpha value is -1.18. The zero-order valence-electron chi connectivity index (χ0n) is 12.8. The maximum absolute atomic E-state index is 12.3. The minimum Gasteiger partial charge on any atom is -0.324 e. The standard InChI is InChI=1S/C15H12Cl4N2O3S/c1-25(23,24)21(14-6-11(18)3-12(19)7-14)8-15(22)20-13-4-9(16)2-10(17)5-13/h2-7H,8H2,1H3,(H,20,22). The van der Waals surface area contributed by atoms with Crippen LogP contribution in [0.4, 0.5) is 11.4 Å². The summed E-state index contributed by atoms with van der Waals surface area (Å²) in [5.74, 6) is -0.583. The number of rotatable bonds is 5. The number of hydrogen-bond donors (Lipinski definition) is 1. The van der Waals surface area contributed by atoms with E-state index < -0.39 is 22.5 Å². The molecule has 0 aliphatic rings. The van der Waals surface area contributed by atoms with Crippen molar-refractivity contribution in [2.45, 2.75) is 0 Å². The van der Waals surface area contributed by atoms with Gasteiger partial charge in [0.05, 0.1) is 11.9 Å². The predicted molar refractivity (Wildman–Crippen MR) is 104 cm³/mol. The number of sulfonamides is 1. The molecule has 134 valence electrons. The molecule has 0 spiro atoms. The first-order valence-corrected chi connectivity index (χ1v) is 10.1. The molecule has 0 fully saturated rings. The number of amides is 1. The zero-order valence-corrected chi connectivity index (χ0v) is 16.6.